The predicted molar refractivity (Wildman–Crippen MR) is 95.0 cm³/mol. The Bertz CT molecular complexity index is 540. The monoisotopic (exact) mass is 335 g/mol. The molecule has 1 aliphatic heterocycles. The minimum absolute atomic E-state index is 0.0576. The van der Waals surface area contributed by atoms with Crippen molar-refractivity contribution in [1.82, 2.24) is 15.1 Å². The summed E-state index contributed by atoms with van der Waals surface area (Å²) in [5.74, 6) is 1.15. The van der Waals surface area contributed by atoms with Crippen LogP contribution in [0.2, 0.25) is 0 Å². The molecule has 6 heteroatoms. The zero-order valence-corrected chi connectivity index (χ0v) is 15.2. The van der Waals surface area contributed by atoms with Gasteiger partial charge in [0.25, 0.3) is 5.91 Å². The summed E-state index contributed by atoms with van der Waals surface area (Å²) in [6, 6.07) is 5.28. The number of benzene rings is 1. The summed E-state index contributed by atoms with van der Waals surface area (Å²) >= 11 is 0. The Hall–Kier alpha value is -1.79. The largest absolute Gasteiger partial charge is 0.493 e. The Kier molecular flexibility index (Phi) is 6.87. The normalized spacial score (nSPS) is 16.2. The van der Waals surface area contributed by atoms with E-state index in [9.17, 15) is 4.79 Å². The molecule has 0 spiro atoms. The van der Waals surface area contributed by atoms with E-state index in [2.05, 4.69) is 22.2 Å². The summed E-state index contributed by atoms with van der Waals surface area (Å²) in [6.07, 6.45) is 0.0576. The molecular weight excluding hydrogens is 306 g/mol. The van der Waals surface area contributed by atoms with Gasteiger partial charge in [-0.3, -0.25) is 9.69 Å². The number of rotatable bonds is 7. The average molecular weight is 335 g/mol. The van der Waals surface area contributed by atoms with Gasteiger partial charge in [0.2, 0.25) is 0 Å². The van der Waals surface area contributed by atoms with Crippen molar-refractivity contribution in [2.24, 2.45) is 0 Å². The van der Waals surface area contributed by atoms with Crippen LogP contribution < -0.4 is 14.8 Å². The average Bonchev–Trinajstić information content (AvgIpc) is 2.56. The fourth-order valence-electron chi connectivity index (χ4n) is 2.66. The summed E-state index contributed by atoms with van der Waals surface area (Å²) in [5.41, 5.74) is 0.585. The van der Waals surface area contributed by atoms with Crippen LogP contribution in [0.25, 0.3) is 0 Å². The molecule has 0 atom stereocenters. The SMILES string of the molecule is COc1cc(C(=O)NCCN2CCN(C)CC2)ccc1OC(C)C. The fourth-order valence-corrected chi connectivity index (χ4v) is 2.66. The first kappa shape index (κ1) is 18.5. The zero-order chi connectivity index (χ0) is 17.5. The minimum Gasteiger partial charge on any atom is -0.493 e. The fraction of sp³-hybridized carbons (Fsp3) is 0.611. The van der Waals surface area contributed by atoms with Crippen molar-refractivity contribution in [3.63, 3.8) is 0 Å². The standard InChI is InChI=1S/C18H29N3O3/c1-14(2)24-16-6-5-15(13-17(16)23-4)18(22)19-7-8-21-11-9-20(3)10-12-21/h5-6,13-14H,7-12H2,1-4H3,(H,19,22). The van der Waals surface area contributed by atoms with Gasteiger partial charge in [-0.1, -0.05) is 0 Å². The van der Waals surface area contributed by atoms with Crippen LogP contribution in [0.3, 0.4) is 0 Å². The van der Waals surface area contributed by atoms with Crippen LogP contribution in [0.4, 0.5) is 0 Å². The summed E-state index contributed by atoms with van der Waals surface area (Å²) in [6.45, 7) is 9.73. The number of nitrogens with one attached hydrogen (secondary N) is 1. The van der Waals surface area contributed by atoms with Crippen LogP contribution >= 0.6 is 0 Å². The van der Waals surface area contributed by atoms with E-state index in [4.69, 9.17) is 9.47 Å². The van der Waals surface area contributed by atoms with E-state index in [1.54, 1.807) is 25.3 Å². The molecule has 0 bridgehead atoms. The van der Waals surface area contributed by atoms with Crippen molar-refractivity contribution in [1.29, 1.82) is 0 Å². The van der Waals surface area contributed by atoms with Crippen LogP contribution in [0.15, 0.2) is 18.2 Å². The van der Waals surface area contributed by atoms with Crippen molar-refractivity contribution < 1.29 is 14.3 Å². The first-order valence-electron chi connectivity index (χ1n) is 8.53. The molecular formula is C18H29N3O3. The summed E-state index contributed by atoms with van der Waals surface area (Å²) in [5, 5.41) is 2.98. The first-order valence-corrected chi connectivity index (χ1v) is 8.53. The molecule has 1 aromatic carbocycles. The van der Waals surface area contributed by atoms with Gasteiger partial charge in [-0.05, 0) is 39.1 Å². The number of nitrogens with zero attached hydrogens (tertiary/aromatic N) is 2. The van der Waals surface area contributed by atoms with Crippen molar-refractivity contribution in [2.45, 2.75) is 20.0 Å². The van der Waals surface area contributed by atoms with Gasteiger partial charge in [-0.25, -0.2) is 0 Å². The molecule has 1 N–H and O–H groups in total. The summed E-state index contributed by atoms with van der Waals surface area (Å²) in [4.78, 5) is 17.0. The molecule has 1 amide bonds. The number of likely N-dealkylation sites (N-methyl/N-ethyl adjacent to an activating group) is 1. The van der Waals surface area contributed by atoms with Crippen molar-refractivity contribution in [3.05, 3.63) is 23.8 Å². The van der Waals surface area contributed by atoms with E-state index in [1.165, 1.54) is 0 Å². The lowest BCUT2D eigenvalue weighted by atomic mass is 10.2. The molecule has 1 heterocycles. The van der Waals surface area contributed by atoms with Gasteiger partial charge in [0, 0.05) is 44.8 Å². The number of carbonyl (C=O) groups is 1. The van der Waals surface area contributed by atoms with Crippen LogP contribution in [-0.4, -0.2) is 75.2 Å². The first-order chi connectivity index (χ1) is 11.5. The smallest absolute Gasteiger partial charge is 0.251 e. The van der Waals surface area contributed by atoms with E-state index in [1.807, 2.05) is 13.8 Å². The third-order valence-electron chi connectivity index (χ3n) is 4.10. The Morgan fingerprint density at radius 3 is 2.54 bits per heavy atom. The van der Waals surface area contributed by atoms with Crippen molar-refractivity contribution in [2.75, 3.05) is 53.4 Å². The molecule has 2 rings (SSSR count). The molecule has 0 radical (unpaired) electrons. The second-order valence-electron chi connectivity index (χ2n) is 6.43. The lowest BCUT2D eigenvalue weighted by Crippen LogP contribution is -2.46. The van der Waals surface area contributed by atoms with Gasteiger partial charge >= 0.3 is 0 Å². The summed E-state index contributed by atoms with van der Waals surface area (Å²) in [7, 11) is 3.72. The number of methoxy groups -OCH3 is 1. The molecule has 1 aliphatic rings. The topological polar surface area (TPSA) is 54.0 Å². The number of hydrogen-bond acceptors (Lipinski definition) is 5. The maximum absolute atomic E-state index is 12.3. The zero-order valence-electron chi connectivity index (χ0n) is 15.2. The maximum Gasteiger partial charge on any atom is 0.251 e. The van der Waals surface area contributed by atoms with Crippen molar-refractivity contribution >= 4 is 5.91 Å². The molecule has 24 heavy (non-hydrogen) atoms. The number of hydrogen-bond donors (Lipinski definition) is 1. The molecule has 1 aromatic rings. The van der Waals surface area contributed by atoms with E-state index < -0.39 is 0 Å². The van der Waals surface area contributed by atoms with Crippen LogP contribution in [0.5, 0.6) is 11.5 Å². The number of ether oxygens (including phenoxy) is 2. The van der Waals surface area contributed by atoms with Crippen LogP contribution in [0, 0.1) is 0 Å². The highest BCUT2D eigenvalue weighted by atomic mass is 16.5. The van der Waals surface area contributed by atoms with Gasteiger partial charge in [-0.2, -0.15) is 0 Å². The third kappa shape index (κ3) is 5.39. The predicted octanol–water partition coefficient (Wildman–Crippen LogP) is 1.46. The number of piperazine rings is 1. The molecule has 1 saturated heterocycles. The lowest BCUT2D eigenvalue weighted by molar-refractivity contribution is 0.0940. The molecule has 0 unspecified atom stereocenters. The number of amides is 1. The Labute approximate surface area is 144 Å². The maximum atomic E-state index is 12.3. The number of carbonyl (C=O) groups excluding carboxylic acids is 1. The van der Waals surface area contributed by atoms with Gasteiger partial charge in [-0.15, -0.1) is 0 Å². The van der Waals surface area contributed by atoms with Crippen LogP contribution in [-0.2, 0) is 0 Å². The molecule has 6 nitrogen and oxygen atoms in total. The second-order valence-corrected chi connectivity index (χ2v) is 6.43. The highest BCUT2D eigenvalue weighted by molar-refractivity contribution is 5.94. The third-order valence-corrected chi connectivity index (χ3v) is 4.10. The van der Waals surface area contributed by atoms with Gasteiger partial charge < -0.3 is 19.7 Å². The van der Waals surface area contributed by atoms with Crippen molar-refractivity contribution in [3.8, 4) is 11.5 Å². The van der Waals surface area contributed by atoms with E-state index in [-0.39, 0.29) is 12.0 Å². The second kappa shape index (κ2) is 8.89. The highest BCUT2D eigenvalue weighted by Gasteiger charge is 2.15. The Balaban J connectivity index is 1.85. The molecule has 0 saturated carbocycles. The van der Waals surface area contributed by atoms with Crippen LogP contribution in [0.1, 0.15) is 24.2 Å². The van der Waals surface area contributed by atoms with Gasteiger partial charge in [0.05, 0.1) is 13.2 Å². The van der Waals surface area contributed by atoms with E-state index >= 15 is 0 Å². The summed E-state index contributed by atoms with van der Waals surface area (Å²) < 4.78 is 11.0. The van der Waals surface area contributed by atoms with E-state index in [0.29, 0.717) is 23.6 Å². The Morgan fingerprint density at radius 2 is 1.92 bits per heavy atom. The lowest BCUT2D eigenvalue weighted by Gasteiger charge is -2.32. The quantitative estimate of drug-likeness (QED) is 0.818. The molecule has 0 aliphatic carbocycles. The van der Waals surface area contributed by atoms with E-state index in [0.717, 1.165) is 32.7 Å². The minimum atomic E-state index is -0.0847. The Morgan fingerprint density at radius 1 is 1.21 bits per heavy atom. The highest BCUT2D eigenvalue weighted by Crippen LogP contribution is 2.28. The molecule has 0 aromatic heterocycles. The van der Waals surface area contributed by atoms with Gasteiger partial charge in [0.1, 0.15) is 0 Å². The molecule has 1 fully saturated rings. The molecule has 134 valence electrons. The van der Waals surface area contributed by atoms with Gasteiger partial charge in [0.15, 0.2) is 11.5 Å².